The van der Waals surface area contributed by atoms with Crippen LogP contribution >= 0.6 is 0 Å². The summed E-state index contributed by atoms with van der Waals surface area (Å²) < 4.78 is 12.9. The molecule has 1 aliphatic rings. The Morgan fingerprint density at radius 3 is 2.48 bits per heavy atom. The van der Waals surface area contributed by atoms with E-state index in [1.807, 2.05) is 13.8 Å². The van der Waals surface area contributed by atoms with Crippen LogP contribution in [0.15, 0.2) is 29.4 Å². The molecule has 2 amide bonds. The molecule has 1 aliphatic heterocycles. The maximum atomic E-state index is 12.9. The van der Waals surface area contributed by atoms with Gasteiger partial charge in [0, 0.05) is 12.5 Å². The summed E-state index contributed by atoms with van der Waals surface area (Å²) in [4.78, 5) is 29.0. The van der Waals surface area contributed by atoms with E-state index in [0.29, 0.717) is 11.3 Å². The van der Waals surface area contributed by atoms with Gasteiger partial charge in [0.05, 0.1) is 5.71 Å². The molecule has 0 radical (unpaired) electrons. The summed E-state index contributed by atoms with van der Waals surface area (Å²) in [6.07, 6.45) is -0.514. The number of benzene rings is 1. The minimum absolute atomic E-state index is 0.00186. The highest BCUT2D eigenvalue weighted by Gasteiger charge is 2.30. The van der Waals surface area contributed by atoms with Crippen molar-refractivity contribution >= 4 is 17.5 Å². The highest BCUT2D eigenvalue weighted by atomic mass is 19.1. The van der Waals surface area contributed by atoms with Gasteiger partial charge < -0.3 is 15.5 Å². The van der Waals surface area contributed by atoms with Gasteiger partial charge in [0.25, 0.3) is 5.91 Å². The maximum Gasteiger partial charge on any atom is 0.264 e. The number of oxime groups is 1. The Balaban J connectivity index is 1.88. The molecule has 6 nitrogen and oxygen atoms in total. The van der Waals surface area contributed by atoms with Crippen molar-refractivity contribution in [2.45, 2.75) is 45.4 Å². The van der Waals surface area contributed by atoms with Crippen molar-refractivity contribution in [2.24, 2.45) is 5.16 Å². The van der Waals surface area contributed by atoms with Gasteiger partial charge in [-0.25, -0.2) is 4.39 Å². The first-order chi connectivity index (χ1) is 10.9. The van der Waals surface area contributed by atoms with E-state index in [9.17, 15) is 14.0 Å². The van der Waals surface area contributed by atoms with Crippen LogP contribution in [0.4, 0.5) is 4.39 Å². The minimum Gasteiger partial charge on any atom is -0.382 e. The van der Waals surface area contributed by atoms with E-state index in [-0.39, 0.29) is 24.2 Å². The number of nitrogens with zero attached hydrogens (tertiary/aromatic N) is 1. The third-order valence-corrected chi connectivity index (χ3v) is 3.32. The van der Waals surface area contributed by atoms with E-state index in [1.165, 1.54) is 12.1 Å². The number of rotatable bonds is 5. The monoisotopic (exact) mass is 321 g/mol. The van der Waals surface area contributed by atoms with Crippen LogP contribution in [-0.4, -0.2) is 35.7 Å². The van der Waals surface area contributed by atoms with E-state index in [2.05, 4.69) is 15.8 Å². The molecular weight excluding hydrogens is 301 g/mol. The Bertz CT molecular complexity index is 614. The molecule has 0 aliphatic carbocycles. The normalized spacial score (nSPS) is 18.1. The van der Waals surface area contributed by atoms with Gasteiger partial charge in [-0.3, -0.25) is 9.59 Å². The lowest BCUT2D eigenvalue weighted by atomic mass is 10.0. The third kappa shape index (κ3) is 4.51. The number of hydrogen-bond acceptors (Lipinski definition) is 4. The van der Waals surface area contributed by atoms with Crippen molar-refractivity contribution in [3.05, 3.63) is 35.6 Å². The molecule has 7 heteroatoms. The fraction of sp³-hybridized carbons (Fsp3) is 0.438. The molecule has 1 aromatic carbocycles. The van der Waals surface area contributed by atoms with Crippen molar-refractivity contribution in [1.29, 1.82) is 0 Å². The molecule has 124 valence electrons. The summed E-state index contributed by atoms with van der Waals surface area (Å²) in [6, 6.07) is 5.14. The van der Waals surface area contributed by atoms with Crippen LogP contribution in [0.2, 0.25) is 0 Å². The Morgan fingerprint density at radius 2 is 1.87 bits per heavy atom. The van der Waals surface area contributed by atoms with Crippen molar-refractivity contribution in [3.8, 4) is 0 Å². The van der Waals surface area contributed by atoms with E-state index in [1.54, 1.807) is 19.1 Å². The predicted octanol–water partition coefficient (Wildman–Crippen LogP) is 1.35. The number of carbonyl (C=O) groups excluding carboxylic acids is 2. The second kappa shape index (κ2) is 7.21. The summed E-state index contributed by atoms with van der Waals surface area (Å²) in [5.41, 5.74) is 1.27. The highest BCUT2D eigenvalue weighted by molar-refractivity contribution is 6.04. The quantitative estimate of drug-likeness (QED) is 0.859. The van der Waals surface area contributed by atoms with Gasteiger partial charge in [0.1, 0.15) is 11.9 Å². The fourth-order valence-electron chi connectivity index (χ4n) is 2.11. The van der Waals surface area contributed by atoms with Crippen LogP contribution in [0.1, 0.15) is 32.8 Å². The number of amides is 2. The standard InChI is InChI=1S/C16H20FN3O3/c1-9(2)18-15(21)10(3)19-16(22)14-8-13(20-23-14)11-4-6-12(17)7-5-11/h4-7,9-10,14H,8H2,1-3H3,(H,18,21)(H,19,22). The van der Waals surface area contributed by atoms with E-state index >= 15 is 0 Å². The topological polar surface area (TPSA) is 79.8 Å². The highest BCUT2D eigenvalue weighted by Crippen LogP contribution is 2.17. The molecule has 0 aromatic heterocycles. The molecule has 0 bridgehead atoms. The molecule has 2 N–H and O–H groups in total. The first-order valence-electron chi connectivity index (χ1n) is 7.46. The zero-order valence-electron chi connectivity index (χ0n) is 13.3. The second-order valence-corrected chi connectivity index (χ2v) is 5.74. The summed E-state index contributed by atoms with van der Waals surface area (Å²) >= 11 is 0. The summed E-state index contributed by atoms with van der Waals surface area (Å²) in [5.74, 6) is -1.00. The average molecular weight is 321 g/mol. The lowest BCUT2D eigenvalue weighted by Gasteiger charge is -2.17. The summed E-state index contributed by atoms with van der Waals surface area (Å²) in [5, 5.41) is 9.19. The van der Waals surface area contributed by atoms with Crippen molar-refractivity contribution < 1.29 is 18.8 Å². The molecule has 0 saturated carbocycles. The first-order valence-corrected chi connectivity index (χ1v) is 7.46. The Hall–Kier alpha value is -2.44. The molecule has 2 atom stereocenters. The van der Waals surface area contributed by atoms with Crippen LogP contribution in [0.5, 0.6) is 0 Å². The van der Waals surface area contributed by atoms with Crippen LogP contribution in [-0.2, 0) is 14.4 Å². The second-order valence-electron chi connectivity index (χ2n) is 5.74. The van der Waals surface area contributed by atoms with Gasteiger partial charge in [-0.15, -0.1) is 0 Å². The summed E-state index contributed by atoms with van der Waals surface area (Å²) in [6.45, 7) is 5.29. The van der Waals surface area contributed by atoms with Gasteiger partial charge in [0.2, 0.25) is 12.0 Å². The zero-order chi connectivity index (χ0) is 17.0. The lowest BCUT2D eigenvalue weighted by molar-refractivity contribution is -0.135. The number of hydrogen-bond donors (Lipinski definition) is 2. The smallest absolute Gasteiger partial charge is 0.264 e. The van der Waals surface area contributed by atoms with Crippen LogP contribution in [0, 0.1) is 5.82 Å². The van der Waals surface area contributed by atoms with Crippen molar-refractivity contribution in [2.75, 3.05) is 0 Å². The first kappa shape index (κ1) is 16.9. The molecule has 0 fully saturated rings. The van der Waals surface area contributed by atoms with Gasteiger partial charge in [0.15, 0.2) is 0 Å². The fourth-order valence-corrected chi connectivity index (χ4v) is 2.11. The molecule has 1 heterocycles. The van der Waals surface area contributed by atoms with Crippen LogP contribution < -0.4 is 10.6 Å². The molecule has 2 rings (SSSR count). The molecule has 0 saturated heterocycles. The average Bonchev–Trinajstić information content (AvgIpc) is 2.97. The van der Waals surface area contributed by atoms with Crippen molar-refractivity contribution in [3.63, 3.8) is 0 Å². The predicted molar refractivity (Wildman–Crippen MR) is 83.3 cm³/mol. The van der Waals surface area contributed by atoms with Gasteiger partial charge in [-0.2, -0.15) is 0 Å². The molecule has 1 aromatic rings. The Morgan fingerprint density at radius 1 is 1.22 bits per heavy atom. The molecule has 2 unspecified atom stereocenters. The van der Waals surface area contributed by atoms with Crippen LogP contribution in [0.25, 0.3) is 0 Å². The molecule has 0 spiro atoms. The van der Waals surface area contributed by atoms with Crippen LogP contribution in [0.3, 0.4) is 0 Å². The SMILES string of the molecule is CC(C)NC(=O)C(C)NC(=O)C1CC(c2ccc(F)cc2)=NO1. The summed E-state index contributed by atoms with van der Waals surface area (Å²) in [7, 11) is 0. The minimum atomic E-state index is -0.788. The van der Waals surface area contributed by atoms with Gasteiger partial charge in [-0.1, -0.05) is 17.3 Å². The van der Waals surface area contributed by atoms with E-state index in [4.69, 9.17) is 4.84 Å². The number of carbonyl (C=O) groups is 2. The zero-order valence-corrected chi connectivity index (χ0v) is 13.3. The van der Waals surface area contributed by atoms with Gasteiger partial charge >= 0.3 is 0 Å². The van der Waals surface area contributed by atoms with Crippen molar-refractivity contribution in [1.82, 2.24) is 10.6 Å². The van der Waals surface area contributed by atoms with E-state index < -0.39 is 18.1 Å². The maximum absolute atomic E-state index is 12.9. The largest absolute Gasteiger partial charge is 0.382 e. The Labute approximate surface area is 134 Å². The molecular formula is C16H20FN3O3. The molecule has 23 heavy (non-hydrogen) atoms. The Kier molecular flexibility index (Phi) is 5.31. The van der Waals surface area contributed by atoms with Gasteiger partial charge in [-0.05, 0) is 38.5 Å². The number of nitrogens with one attached hydrogen (secondary N) is 2. The lowest BCUT2D eigenvalue weighted by Crippen LogP contribution is -2.49. The van der Waals surface area contributed by atoms with E-state index in [0.717, 1.165) is 0 Å². The third-order valence-electron chi connectivity index (χ3n) is 3.32. The number of halogens is 1.